The van der Waals surface area contributed by atoms with Gasteiger partial charge in [-0.2, -0.15) is 0 Å². The quantitative estimate of drug-likeness (QED) is 0.228. The van der Waals surface area contributed by atoms with Crippen LogP contribution in [0, 0.1) is 22.0 Å². The van der Waals surface area contributed by atoms with Gasteiger partial charge in [0.05, 0.1) is 23.0 Å². The molecular weight excluding hydrogens is 344 g/mol. The molecule has 0 aliphatic carbocycles. The molecule has 2 N–H and O–H groups in total. The van der Waals surface area contributed by atoms with E-state index in [2.05, 4.69) is 5.32 Å². The Balaban J connectivity index is 1.82. The van der Waals surface area contributed by atoms with E-state index in [1.54, 1.807) is 6.92 Å². The molecule has 0 radical (unpaired) electrons. The monoisotopic (exact) mass is 364 g/mol. The second kappa shape index (κ2) is 8.05. The van der Waals surface area contributed by atoms with Gasteiger partial charge < -0.3 is 15.2 Å². The van der Waals surface area contributed by atoms with Crippen molar-refractivity contribution in [2.75, 3.05) is 0 Å². The summed E-state index contributed by atoms with van der Waals surface area (Å²) in [6, 6.07) is 5.02. The molecule has 0 aromatic heterocycles. The summed E-state index contributed by atoms with van der Waals surface area (Å²) in [5, 5.41) is 22.7. The number of nitrogens with zero attached hydrogens (tertiary/aromatic N) is 1. The largest absolute Gasteiger partial charge is 0.460 e. The number of nitrogens with one attached hydrogen (secondary N) is 1. The summed E-state index contributed by atoms with van der Waals surface area (Å²) in [6.45, 7) is 2.96. The number of carbonyl (C=O) groups excluding carboxylic acids is 3. The minimum absolute atomic E-state index is 0.0701. The molecule has 1 saturated heterocycles. The van der Waals surface area contributed by atoms with Crippen molar-refractivity contribution in [3.8, 4) is 0 Å². The van der Waals surface area contributed by atoms with Crippen LogP contribution in [0.1, 0.15) is 25.8 Å². The van der Waals surface area contributed by atoms with Crippen molar-refractivity contribution in [3.05, 3.63) is 39.9 Å². The first kappa shape index (κ1) is 19.5. The molecule has 1 aliphatic heterocycles. The number of ketones is 1. The van der Waals surface area contributed by atoms with Crippen LogP contribution < -0.4 is 5.32 Å². The van der Waals surface area contributed by atoms with Gasteiger partial charge in [-0.05, 0) is 24.6 Å². The number of amides is 1. The number of β-lactam (4-membered cyclic amide) rings is 1. The number of rotatable bonds is 8. The normalized spacial score (nSPS) is 21.1. The van der Waals surface area contributed by atoms with E-state index in [0.717, 1.165) is 0 Å². The van der Waals surface area contributed by atoms with Crippen molar-refractivity contribution in [1.29, 1.82) is 0 Å². The van der Waals surface area contributed by atoms with E-state index >= 15 is 0 Å². The molecule has 1 fully saturated rings. The fourth-order valence-corrected chi connectivity index (χ4v) is 2.80. The lowest BCUT2D eigenvalue weighted by Crippen LogP contribution is -2.65. The number of hydrogen-bond donors (Lipinski definition) is 2. The highest BCUT2D eigenvalue weighted by molar-refractivity contribution is 5.98. The summed E-state index contributed by atoms with van der Waals surface area (Å²) in [6.07, 6.45) is -1.33. The Morgan fingerprint density at radius 3 is 2.42 bits per heavy atom. The number of carbonyl (C=O) groups is 3. The van der Waals surface area contributed by atoms with Crippen LogP contribution in [-0.4, -0.2) is 39.8 Å². The van der Waals surface area contributed by atoms with Crippen LogP contribution in [0.15, 0.2) is 24.3 Å². The summed E-state index contributed by atoms with van der Waals surface area (Å²) >= 11 is 0. The summed E-state index contributed by atoms with van der Waals surface area (Å²) in [5.74, 6) is -2.72. The van der Waals surface area contributed by atoms with Gasteiger partial charge in [-0.1, -0.05) is 6.92 Å². The number of Topliss-reactive ketones (excluding diaryl/α,β-unsaturated/α-hetero) is 1. The van der Waals surface area contributed by atoms with Crippen molar-refractivity contribution in [2.45, 2.75) is 39.0 Å². The van der Waals surface area contributed by atoms with E-state index in [4.69, 9.17) is 4.74 Å². The Hall–Kier alpha value is -2.81. The number of non-ortho nitro benzene ring substituents is 1. The number of aliphatic hydroxyl groups excluding tert-OH is 1. The first-order valence-corrected chi connectivity index (χ1v) is 8.10. The van der Waals surface area contributed by atoms with Gasteiger partial charge in [0.1, 0.15) is 18.8 Å². The Morgan fingerprint density at radius 1 is 1.31 bits per heavy atom. The summed E-state index contributed by atoms with van der Waals surface area (Å²) < 4.78 is 5.01. The lowest BCUT2D eigenvalue weighted by molar-refractivity contribution is -0.384. The second-order valence-corrected chi connectivity index (χ2v) is 6.32. The predicted octanol–water partition coefficient (Wildman–Crippen LogP) is 0.729. The zero-order chi connectivity index (χ0) is 19.4. The third-order valence-electron chi connectivity index (χ3n) is 4.43. The first-order valence-electron chi connectivity index (χ1n) is 8.10. The number of nitro benzene ring substituents is 1. The van der Waals surface area contributed by atoms with Crippen LogP contribution in [0.3, 0.4) is 0 Å². The van der Waals surface area contributed by atoms with Crippen molar-refractivity contribution in [1.82, 2.24) is 5.32 Å². The predicted molar refractivity (Wildman–Crippen MR) is 88.8 cm³/mol. The van der Waals surface area contributed by atoms with E-state index in [0.29, 0.717) is 5.56 Å². The molecule has 0 saturated carbocycles. The second-order valence-electron chi connectivity index (χ2n) is 6.32. The van der Waals surface area contributed by atoms with Gasteiger partial charge in [0.2, 0.25) is 5.91 Å². The summed E-state index contributed by atoms with van der Waals surface area (Å²) in [5.41, 5.74) is 0.490. The number of esters is 1. The van der Waals surface area contributed by atoms with Crippen molar-refractivity contribution in [3.63, 3.8) is 0 Å². The Kier molecular flexibility index (Phi) is 6.04. The van der Waals surface area contributed by atoms with Crippen molar-refractivity contribution in [2.24, 2.45) is 11.8 Å². The molecule has 9 heteroatoms. The first-order chi connectivity index (χ1) is 12.2. The molecule has 1 amide bonds. The molecule has 0 spiro atoms. The Labute approximate surface area is 149 Å². The van der Waals surface area contributed by atoms with Crippen LogP contribution >= 0.6 is 0 Å². The van der Waals surface area contributed by atoms with Gasteiger partial charge in [-0.3, -0.25) is 24.5 Å². The average Bonchev–Trinajstić information content (AvgIpc) is 2.56. The molecule has 9 nitrogen and oxygen atoms in total. The van der Waals surface area contributed by atoms with E-state index in [-0.39, 0.29) is 18.2 Å². The molecule has 2 rings (SSSR count). The zero-order valence-corrected chi connectivity index (χ0v) is 14.4. The van der Waals surface area contributed by atoms with Crippen LogP contribution in [-0.2, 0) is 25.7 Å². The van der Waals surface area contributed by atoms with Gasteiger partial charge in [0, 0.05) is 18.1 Å². The summed E-state index contributed by atoms with van der Waals surface area (Å²) in [7, 11) is 0. The maximum absolute atomic E-state index is 12.2. The standard InChI is InChI=1S/C17H20N2O7/c1-9(16-15(10(2)20)17(23)18-16)13(21)7-14(22)26-8-11-3-5-12(6-4-11)19(24)25/h3-6,9-10,15-16,20H,7-8H2,1-2H3,(H,18,23)/t9-,10+,15+,16+/m0/s1. The van der Waals surface area contributed by atoms with Crippen LogP contribution in [0.25, 0.3) is 0 Å². The van der Waals surface area contributed by atoms with Gasteiger partial charge in [0.15, 0.2) is 0 Å². The average molecular weight is 364 g/mol. The van der Waals surface area contributed by atoms with E-state index < -0.39 is 47.1 Å². The number of aliphatic hydroxyl groups is 1. The van der Waals surface area contributed by atoms with Crippen molar-refractivity contribution < 1.29 is 29.2 Å². The zero-order valence-electron chi connectivity index (χ0n) is 14.4. The minimum atomic E-state index is -0.877. The highest BCUT2D eigenvalue weighted by atomic mass is 16.6. The molecule has 1 aromatic rings. The van der Waals surface area contributed by atoms with Gasteiger partial charge in [-0.15, -0.1) is 0 Å². The third kappa shape index (κ3) is 4.42. The topological polar surface area (TPSA) is 136 Å². The maximum atomic E-state index is 12.2. The van der Waals surface area contributed by atoms with Gasteiger partial charge >= 0.3 is 5.97 Å². The van der Waals surface area contributed by atoms with Crippen LogP contribution in [0.5, 0.6) is 0 Å². The lowest BCUT2D eigenvalue weighted by Gasteiger charge is -2.41. The van der Waals surface area contributed by atoms with Crippen LogP contribution in [0.4, 0.5) is 5.69 Å². The molecule has 140 valence electrons. The third-order valence-corrected chi connectivity index (χ3v) is 4.43. The van der Waals surface area contributed by atoms with E-state index in [9.17, 15) is 29.6 Å². The molecule has 1 heterocycles. The molecule has 1 aliphatic rings. The molecule has 0 bridgehead atoms. The Bertz CT molecular complexity index is 714. The highest BCUT2D eigenvalue weighted by Crippen LogP contribution is 2.26. The number of hydrogen-bond acceptors (Lipinski definition) is 7. The number of nitro groups is 1. The SMILES string of the molecule is C[C@@H](O)[C@H]1C(=O)N[C@@H]1[C@@H](C)C(=O)CC(=O)OCc1ccc([N+](=O)[O-])cc1. The fourth-order valence-electron chi connectivity index (χ4n) is 2.80. The van der Waals surface area contributed by atoms with Gasteiger partial charge in [-0.25, -0.2) is 0 Å². The Morgan fingerprint density at radius 2 is 1.92 bits per heavy atom. The summed E-state index contributed by atoms with van der Waals surface area (Å²) in [4.78, 5) is 45.5. The van der Waals surface area contributed by atoms with Gasteiger partial charge in [0.25, 0.3) is 5.69 Å². The molecular formula is C17H20N2O7. The molecule has 4 atom stereocenters. The van der Waals surface area contributed by atoms with E-state index in [1.165, 1.54) is 31.2 Å². The smallest absolute Gasteiger partial charge is 0.313 e. The molecule has 0 unspecified atom stereocenters. The van der Waals surface area contributed by atoms with E-state index in [1.807, 2.05) is 0 Å². The lowest BCUT2D eigenvalue weighted by atomic mass is 9.77. The highest BCUT2D eigenvalue weighted by Gasteiger charge is 2.47. The minimum Gasteiger partial charge on any atom is -0.460 e. The van der Waals surface area contributed by atoms with Crippen molar-refractivity contribution >= 4 is 23.3 Å². The van der Waals surface area contributed by atoms with Crippen LogP contribution in [0.2, 0.25) is 0 Å². The number of ether oxygens (including phenoxy) is 1. The fraction of sp³-hybridized carbons (Fsp3) is 0.471. The molecule has 1 aromatic carbocycles. The molecule has 26 heavy (non-hydrogen) atoms. The number of benzene rings is 1. The maximum Gasteiger partial charge on any atom is 0.313 e.